The third-order valence-corrected chi connectivity index (χ3v) is 2.85. The van der Waals surface area contributed by atoms with Crippen molar-refractivity contribution in [3.8, 4) is 0 Å². The predicted molar refractivity (Wildman–Crippen MR) is 92.9 cm³/mol. The Morgan fingerprint density at radius 1 is 1.15 bits per heavy atom. The molecular formula is C19H29N. The van der Waals surface area contributed by atoms with Crippen molar-refractivity contribution in [2.45, 2.75) is 33.1 Å². The highest BCUT2D eigenvalue weighted by Gasteiger charge is 2.01. The van der Waals surface area contributed by atoms with Crippen molar-refractivity contribution in [1.82, 2.24) is 5.32 Å². The van der Waals surface area contributed by atoms with E-state index in [1.165, 1.54) is 16.7 Å². The van der Waals surface area contributed by atoms with E-state index in [2.05, 4.69) is 56.3 Å². The van der Waals surface area contributed by atoms with Gasteiger partial charge in [0.2, 0.25) is 0 Å². The monoisotopic (exact) mass is 271 g/mol. The molecule has 0 saturated carbocycles. The molecule has 0 aromatic rings. The molecule has 0 amide bonds. The predicted octanol–water partition coefficient (Wildman–Crippen LogP) is 5.12. The zero-order valence-electron chi connectivity index (χ0n) is 13.1. The van der Waals surface area contributed by atoms with Gasteiger partial charge in [0.05, 0.1) is 0 Å². The summed E-state index contributed by atoms with van der Waals surface area (Å²) < 4.78 is 0. The van der Waals surface area contributed by atoms with Gasteiger partial charge in [-0.3, -0.25) is 0 Å². The highest BCUT2D eigenvalue weighted by atomic mass is 14.8. The molecule has 0 aliphatic rings. The van der Waals surface area contributed by atoms with Crippen LogP contribution in [0.1, 0.15) is 33.1 Å². The van der Waals surface area contributed by atoms with Gasteiger partial charge in [-0.25, -0.2) is 0 Å². The molecule has 1 N–H and O–H groups in total. The van der Waals surface area contributed by atoms with Gasteiger partial charge < -0.3 is 5.32 Å². The van der Waals surface area contributed by atoms with E-state index in [0.717, 1.165) is 32.4 Å². The normalized spacial score (nSPS) is 12.7. The summed E-state index contributed by atoms with van der Waals surface area (Å²) in [7, 11) is 0. The molecule has 0 aromatic heterocycles. The summed E-state index contributed by atoms with van der Waals surface area (Å²) in [5, 5.41) is 3.25. The van der Waals surface area contributed by atoms with Gasteiger partial charge in [-0.15, -0.1) is 6.58 Å². The highest BCUT2D eigenvalue weighted by molar-refractivity contribution is 5.42. The maximum atomic E-state index is 4.15. The SMILES string of the molecule is C=CCNC\C=C/C(C=C)=C(/C=C\C)CC(=C)CCC. The van der Waals surface area contributed by atoms with Gasteiger partial charge in [-0.05, 0) is 30.9 Å². The molecule has 20 heavy (non-hydrogen) atoms. The first-order valence-corrected chi connectivity index (χ1v) is 7.32. The summed E-state index contributed by atoms with van der Waals surface area (Å²) in [5.41, 5.74) is 3.72. The largest absolute Gasteiger partial charge is 0.310 e. The fourth-order valence-electron chi connectivity index (χ4n) is 1.93. The number of hydrogen-bond donors (Lipinski definition) is 1. The smallest absolute Gasteiger partial charge is 0.0141 e. The molecule has 0 radical (unpaired) electrons. The van der Waals surface area contributed by atoms with Crippen LogP contribution in [0.3, 0.4) is 0 Å². The summed E-state index contributed by atoms with van der Waals surface area (Å²) in [6.45, 7) is 17.6. The lowest BCUT2D eigenvalue weighted by atomic mass is 9.97. The number of nitrogens with one attached hydrogen (secondary N) is 1. The van der Waals surface area contributed by atoms with Crippen LogP contribution >= 0.6 is 0 Å². The van der Waals surface area contributed by atoms with Crippen molar-refractivity contribution in [3.63, 3.8) is 0 Å². The van der Waals surface area contributed by atoms with Crippen molar-refractivity contribution < 1.29 is 0 Å². The average molecular weight is 271 g/mol. The van der Waals surface area contributed by atoms with Gasteiger partial charge in [0, 0.05) is 13.1 Å². The van der Waals surface area contributed by atoms with Crippen LogP contribution in [-0.4, -0.2) is 13.1 Å². The van der Waals surface area contributed by atoms with Gasteiger partial charge in [-0.2, -0.15) is 0 Å². The van der Waals surface area contributed by atoms with Crippen LogP contribution < -0.4 is 5.32 Å². The first-order valence-electron chi connectivity index (χ1n) is 7.32. The van der Waals surface area contributed by atoms with Crippen LogP contribution in [0.25, 0.3) is 0 Å². The van der Waals surface area contributed by atoms with Crippen molar-refractivity contribution in [2.75, 3.05) is 13.1 Å². The van der Waals surface area contributed by atoms with E-state index >= 15 is 0 Å². The van der Waals surface area contributed by atoms with E-state index < -0.39 is 0 Å². The Morgan fingerprint density at radius 3 is 2.45 bits per heavy atom. The third-order valence-electron chi connectivity index (χ3n) is 2.85. The van der Waals surface area contributed by atoms with E-state index in [9.17, 15) is 0 Å². The molecule has 0 fully saturated rings. The lowest BCUT2D eigenvalue weighted by Gasteiger charge is -2.08. The maximum Gasteiger partial charge on any atom is 0.0141 e. The van der Waals surface area contributed by atoms with Crippen molar-refractivity contribution in [1.29, 1.82) is 0 Å². The summed E-state index contributed by atoms with van der Waals surface area (Å²) in [6, 6.07) is 0. The third kappa shape index (κ3) is 8.49. The molecule has 1 nitrogen and oxygen atoms in total. The van der Waals surface area contributed by atoms with Crippen LogP contribution in [0, 0.1) is 0 Å². The molecule has 0 aromatic carbocycles. The minimum Gasteiger partial charge on any atom is -0.310 e. The Bertz CT molecular complexity index is 394. The molecular weight excluding hydrogens is 242 g/mol. The van der Waals surface area contributed by atoms with Crippen LogP contribution in [0.5, 0.6) is 0 Å². The molecule has 0 heterocycles. The van der Waals surface area contributed by atoms with Crippen LogP contribution in [0.2, 0.25) is 0 Å². The second-order valence-electron chi connectivity index (χ2n) is 4.71. The van der Waals surface area contributed by atoms with Gasteiger partial charge in [0.15, 0.2) is 0 Å². The quantitative estimate of drug-likeness (QED) is 0.312. The maximum absolute atomic E-state index is 4.15. The van der Waals surface area contributed by atoms with E-state index in [1.54, 1.807) is 0 Å². The summed E-state index contributed by atoms with van der Waals surface area (Å²) in [6.07, 6.45) is 15.4. The Kier molecular flexibility index (Phi) is 11.4. The number of rotatable bonds is 11. The Hall–Kier alpha value is -1.60. The first kappa shape index (κ1) is 18.4. The second kappa shape index (κ2) is 12.4. The lowest BCUT2D eigenvalue weighted by Crippen LogP contribution is -2.12. The molecule has 0 unspecified atom stereocenters. The van der Waals surface area contributed by atoms with Crippen molar-refractivity contribution >= 4 is 0 Å². The van der Waals surface area contributed by atoms with Gasteiger partial charge in [0.25, 0.3) is 0 Å². The van der Waals surface area contributed by atoms with Gasteiger partial charge >= 0.3 is 0 Å². The fraction of sp³-hybridized carbons (Fsp3) is 0.368. The molecule has 0 aliphatic carbocycles. The minimum absolute atomic E-state index is 0.826. The van der Waals surface area contributed by atoms with E-state index in [-0.39, 0.29) is 0 Å². The van der Waals surface area contributed by atoms with E-state index in [4.69, 9.17) is 0 Å². The van der Waals surface area contributed by atoms with Crippen LogP contribution in [0.4, 0.5) is 0 Å². The first-order chi connectivity index (χ1) is 9.69. The highest BCUT2D eigenvalue weighted by Crippen LogP contribution is 2.20. The molecule has 1 heteroatoms. The van der Waals surface area contributed by atoms with Crippen molar-refractivity contribution in [3.05, 3.63) is 72.9 Å². The van der Waals surface area contributed by atoms with Gasteiger partial charge in [-0.1, -0.05) is 68.5 Å². The van der Waals surface area contributed by atoms with Crippen molar-refractivity contribution in [2.24, 2.45) is 0 Å². The molecule has 0 rings (SSSR count). The summed E-state index contributed by atoms with van der Waals surface area (Å²) >= 11 is 0. The molecule has 0 saturated heterocycles. The van der Waals surface area contributed by atoms with E-state index in [1.807, 2.05) is 19.1 Å². The lowest BCUT2D eigenvalue weighted by molar-refractivity contribution is 0.843. The molecule has 0 bridgehead atoms. The Labute approximate surface area is 125 Å². The standard InChI is InChI=1S/C19H29N/c1-6-11-17(5)16-19(12-7-2)18(9-4)13-10-15-20-14-8-3/h7-10,12-13,20H,3-6,11,14-16H2,1-2H3/b12-7-,13-10-,19-18-. The fourth-order valence-corrected chi connectivity index (χ4v) is 1.93. The van der Waals surface area contributed by atoms with Gasteiger partial charge in [0.1, 0.15) is 0 Å². The Morgan fingerprint density at radius 2 is 1.90 bits per heavy atom. The molecule has 0 spiro atoms. The van der Waals surface area contributed by atoms with Crippen LogP contribution in [-0.2, 0) is 0 Å². The minimum atomic E-state index is 0.826. The molecule has 0 aliphatic heterocycles. The second-order valence-corrected chi connectivity index (χ2v) is 4.71. The van der Waals surface area contributed by atoms with E-state index in [0.29, 0.717) is 0 Å². The van der Waals surface area contributed by atoms with Crippen LogP contribution in [0.15, 0.2) is 72.9 Å². The topological polar surface area (TPSA) is 12.0 Å². The average Bonchev–Trinajstić information content (AvgIpc) is 2.43. The zero-order valence-corrected chi connectivity index (χ0v) is 13.1. The molecule has 0 atom stereocenters. The Balaban J connectivity index is 4.86. The number of hydrogen-bond acceptors (Lipinski definition) is 1. The molecule has 110 valence electrons. The zero-order chi connectivity index (χ0) is 15.2. The number of allylic oxidation sites excluding steroid dienone is 7. The summed E-state index contributed by atoms with van der Waals surface area (Å²) in [5.74, 6) is 0. The summed E-state index contributed by atoms with van der Waals surface area (Å²) in [4.78, 5) is 0.